The van der Waals surface area contributed by atoms with Crippen LogP contribution < -0.4 is 5.32 Å². The first-order valence-corrected chi connectivity index (χ1v) is 8.56. The van der Waals surface area contributed by atoms with E-state index in [1.54, 1.807) is 25.6 Å². The van der Waals surface area contributed by atoms with Crippen molar-refractivity contribution in [1.82, 2.24) is 19.6 Å². The second kappa shape index (κ2) is 7.45. The van der Waals surface area contributed by atoms with Gasteiger partial charge in [0.05, 0.1) is 29.7 Å². The van der Waals surface area contributed by atoms with Gasteiger partial charge in [-0.3, -0.25) is 9.48 Å². The van der Waals surface area contributed by atoms with Gasteiger partial charge >= 0.3 is 5.97 Å². The van der Waals surface area contributed by atoms with Gasteiger partial charge in [0.15, 0.2) is 5.82 Å². The summed E-state index contributed by atoms with van der Waals surface area (Å²) in [5.74, 6) is -0.650. The van der Waals surface area contributed by atoms with Gasteiger partial charge in [-0.2, -0.15) is 10.2 Å². The molecule has 0 unspecified atom stereocenters. The summed E-state index contributed by atoms with van der Waals surface area (Å²) >= 11 is 0. The van der Waals surface area contributed by atoms with Crippen LogP contribution in [-0.2, 0) is 11.8 Å². The van der Waals surface area contributed by atoms with Crippen molar-refractivity contribution in [3.8, 4) is 5.69 Å². The Morgan fingerprint density at radius 2 is 1.89 bits per heavy atom. The van der Waals surface area contributed by atoms with Crippen LogP contribution in [0.4, 0.5) is 5.82 Å². The molecule has 0 aliphatic heterocycles. The molecule has 3 rings (SSSR count). The lowest BCUT2D eigenvalue weighted by Crippen LogP contribution is -2.19. The first-order chi connectivity index (χ1) is 12.9. The summed E-state index contributed by atoms with van der Waals surface area (Å²) in [5.41, 5.74) is 2.70. The molecule has 0 aliphatic rings. The number of para-hydroxylation sites is 1. The van der Waals surface area contributed by atoms with Crippen LogP contribution in [0.15, 0.2) is 36.5 Å². The lowest BCUT2D eigenvalue weighted by molar-refractivity contribution is 0.0527. The van der Waals surface area contributed by atoms with Crippen molar-refractivity contribution in [2.24, 2.45) is 7.05 Å². The number of aromatic nitrogens is 4. The average Bonchev–Trinajstić information content (AvgIpc) is 3.16. The molecule has 2 heterocycles. The van der Waals surface area contributed by atoms with Gasteiger partial charge in [-0.1, -0.05) is 18.2 Å². The molecule has 8 nitrogen and oxygen atoms in total. The molecule has 0 fully saturated rings. The second-order valence-electron chi connectivity index (χ2n) is 6.00. The van der Waals surface area contributed by atoms with E-state index in [9.17, 15) is 9.59 Å². The molecule has 0 spiro atoms. The van der Waals surface area contributed by atoms with Gasteiger partial charge in [-0.25, -0.2) is 9.48 Å². The third-order valence-electron chi connectivity index (χ3n) is 4.23. The number of ether oxygens (including phenoxy) is 1. The number of hydrogen-bond acceptors (Lipinski definition) is 5. The van der Waals surface area contributed by atoms with Crippen molar-refractivity contribution in [2.75, 3.05) is 11.9 Å². The van der Waals surface area contributed by atoms with Gasteiger partial charge in [0.25, 0.3) is 5.91 Å². The number of carbonyl (C=O) groups is 2. The van der Waals surface area contributed by atoms with E-state index in [4.69, 9.17) is 4.74 Å². The summed E-state index contributed by atoms with van der Waals surface area (Å²) in [5, 5.41) is 11.4. The van der Waals surface area contributed by atoms with Crippen LogP contribution >= 0.6 is 0 Å². The predicted molar refractivity (Wildman–Crippen MR) is 100 cm³/mol. The topological polar surface area (TPSA) is 91.0 Å². The summed E-state index contributed by atoms with van der Waals surface area (Å²) < 4.78 is 8.25. The molecule has 0 saturated heterocycles. The van der Waals surface area contributed by atoms with E-state index in [1.165, 1.54) is 10.9 Å². The average molecular weight is 367 g/mol. The molecule has 1 aromatic carbocycles. The van der Waals surface area contributed by atoms with Gasteiger partial charge in [0, 0.05) is 12.7 Å². The summed E-state index contributed by atoms with van der Waals surface area (Å²) in [6.45, 7) is 5.53. The molecule has 3 aromatic rings. The number of hydrogen-bond donors (Lipinski definition) is 1. The van der Waals surface area contributed by atoms with Crippen LogP contribution in [0.25, 0.3) is 5.69 Å². The highest BCUT2D eigenvalue weighted by molar-refractivity contribution is 6.08. The Kier molecular flexibility index (Phi) is 5.07. The third kappa shape index (κ3) is 3.46. The molecule has 8 heteroatoms. The van der Waals surface area contributed by atoms with Crippen molar-refractivity contribution in [3.05, 3.63) is 59.0 Å². The number of carbonyl (C=O) groups excluding carboxylic acids is 2. The molecule has 2 aromatic heterocycles. The maximum Gasteiger partial charge on any atom is 0.343 e. The fourth-order valence-corrected chi connectivity index (χ4v) is 2.86. The van der Waals surface area contributed by atoms with E-state index >= 15 is 0 Å². The van der Waals surface area contributed by atoms with Gasteiger partial charge in [-0.05, 0) is 32.9 Å². The van der Waals surface area contributed by atoms with E-state index < -0.39 is 5.97 Å². The third-order valence-corrected chi connectivity index (χ3v) is 4.23. The summed E-state index contributed by atoms with van der Waals surface area (Å²) in [6.07, 6.45) is 1.39. The zero-order valence-corrected chi connectivity index (χ0v) is 15.7. The molecular weight excluding hydrogens is 346 g/mol. The zero-order chi connectivity index (χ0) is 19.6. The van der Waals surface area contributed by atoms with Crippen LogP contribution in [0.2, 0.25) is 0 Å². The largest absolute Gasteiger partial charge is 0.462 e. The van der Waals surface area contributed by atoms with Crippen molar-refractivity contribution < 1.29 is 14.3 Å². The van der Waals surface area contributed by atoms with Crippen molar-refractivity contribution in [2.45, 2.75) is 20.8 Å². The highest BCUT2D eigenvalue weighted by atomic mass is 16.5. The zero-order valence-electron chi connectivity index (χ0n) is 15.7. The standard InChI is InChI=1S/C19H21N5O3/c1-5-27-19(26)15-11-20-24(14-9-7-6-8-10-14)17(15)21-18(25)16-12(2)22-23(4)13(16)3/h6-11H,5H2,1-4H3,(H,21,25). The quantitative estimate of drug-likeness (QED) is 0.700. The molecular formula is C19H21N5O3. The smallest absolute Gasteiger partial charge is 0.343 e. The van der Waals surface area contributed by atoms with Crippen molar-refractivity contribution in [3.63, 3.8) is 0 Å². The number of nitrogens with zero attached hydrogens (tertiary/aromatic N) is 4. The van der Waals surface area contributed by atoms with Crippen LogP contribution in [0.5, 0.6) is 0 Å². The number of amides is 1. The highest BCUT2D eigenvalue weighted by Crippen LogP contribution is 2.23. The highest BCUT2D eigenvalue weighted by Gasteiger charge is 2.24. The molecule has 0 saturated carbocycles. The van der Waals surface area contributed by atoms with Crippen LogP contribution in [0.3, 0.4) is 0 Å². The van der Waals surface area contributed by atoms with E-state index in [0.29, 0.717) is 16.9 Å². The minimum absolute atomic E-state index is 0.188. The Bertz CT molecular complexity index is 988. The van der Waals surface area contributed by atoms with Crippen LogP contribution in [-0.4, -0.2) is 38.0 Å². The summed E-state index contributed by atoms with van der Waals surface area (Å²) in [7, 11) is 1.78. The molecule has 140 valence electrons. The Balaban J connectivity index is 2.05. The summed E-state index contributed by atoms with van der Waals surface area (Å²) in [6, 6.07) is 9.24. The van der Waals surface area contributed by atoms with Gasteiger partial charge in [0.1, 0.15) is 5.56 Å². The fraction of sp³-hybridized carbons (Fsp3) is 0.263. The van der Waals surface area contributed by atoms with E-state index in [2.05, 4.69) is 15.5 Å². The normalized spacial score (nSPS) is 10.7. The van der Waals surface area contributed by atoms with E-state index in [0.717, 1.165) is 5.69 Å². The van der Waals surface area contributed by atoms with Crippen LogP contribution in [0, 0.1) is 13.8 Å². The van der Waals surface area contributed by atoms with Crippen LogP contribution in [0.1, 0.15) is 39.0 Å². The monoisotopic (exact) mass is 367 g/mol. The number of benzene rings is 1. The Morgan fingerprint density at radius 3 is 2.48 bits per heavy atom. The number of esters is 1. The second-order valence-corrected chi connectivity index (χ2v) is 6.00. The number of rotatable bonds is 5. The first-order valence-electron chi connectivity index (χ1n) is 8.56. The SMILES string of the molecule is CCOC(=O)c1cnn(-c2ccccc2)c1NC(=O)c1c(C)nn(C)c1C. The minimum Gasteiger partial charge on any atom is -0.462 e. The number of aryl methyl sites for hydroxylation is 2. The fourth-order valence-electron chi connectivity index (χ4n) is 2.86. The van der Waals surface area contributed by atoms with Crippen molar-refractivity contribution >= 4 is 17.7 Å². The van der Waals surface area contributed by atoms with E-state index in [-0.39, 0.29) is 23.9 Å². The van der Waals surface area contributed by atoms with E-state index in [1.807, 2.05) is 37.3 Å². The molecule has 1 N–H and O–H groups in total. The molecule has 0 atom stereocenters. The molecule has 0 radical (unpaired) electrons. The molecule has 0 bridgehead atoms. The minimum atomic E-state index is -0.547. The first kappa shape index (κ1) is 18.4. The van der Waals surface area contributed by atoms with Gasteiger partial charge in [-0.15, -0.1) is 0 Å². The Labute approximate surface area is 156 Å². The Hall–Kier alpha value is -3.42. The lowest BCUT2D eigenvalue weighted by atomic mass is 10.2. The lowest BCUT2D eigenvalue weighted by Gasteiger charge is -2.11. The van der Waals surface area contributed by atoms with Crippen molar-refractivity contribution in [1.29, 1.82) is 0 Å². The maximum atomic E-state index is 12.9. The summed E-state index contributed by atoms with van der Waals surface area (Å²) in [4.78, 5) is 25.2. The number of anilines is 1. The van der Waals surface area contributed by atoms with Gasteiger partial charge in [0.2, 0.25) is 0 Å². The molecule has 1 amide bonds. The predicted octanol–water partition coefficient (Wildman–Crippen LogP) is 2.65. The number of nitrogens with one attached hydrogen (secondary N) is 1. The molecule has 0 aliphatic carbocycles. The maximum absolute atomic E-state index is 12.9. The van der Waals surface area contributed by atoms with Gasteiger partial charge < -0.3 is 10.1 Å². The molecule has 27 heavy (non-hydrogen) atoms. The Morgan fingerprint density at radius 1 is 1.19 bits per heavy atom.